The van der Waals surface area contributed by atoms with Gasteiger partial charge in [-0.3, -0.25) is 0 Å². The maximum atomic E-state index is 12.3. The van der Waals surface area contributed by atoms with Crippen LogP contribution in [0, 0.1) is 23.2 Å². The van der Waals surface area contributed by atoms with Crippen LogP contribution in [0.5, 0.6) is 0 Å². The normalized spacial score (nSPS) is 14.6. The first kappa shape index (κ1) is 35.3. The molecule has 2 N–H and O–H groups in total. The number of nitrogens with zero attached hydrogens (tertiary/aromatic N) is 2. The molecule has 3 atom stereocenters. The minimum atomic E-state index is -1.56. The zero-order valence-corrected chi connectivity index (χ0v) is 25.1. The lowest BCUT2D eigenvalue weighted by Crippen LogP contribution is -2.43. The Bertz CT molecular complexity index is 621. The molecule has 216 valence electrons. The van der Waals surface area contributed by atoms with Crippen molar-refractivity contribution in [1.29, 1.82) is 5.26 Å². The summed E-state index contributed by atoms with van der Waals surface area (Å²) in [5.41, 5.74) is 0. The van der Waals surface area contributed by atoms with Gasteiger partial charge in [0.25, 0.3) is 8.53 Å². The monoisotopic (exact) mass is 546 g/mol. The van der Waals surface area contributed by atoms with Gasteiger partial charge in [0.2, 0.25) is 0 Å². The topological polar surface area (TPSA) is 122 Å². The second-order valence-electron chi connectivity index (χ2n) is 10.0. The van der Waals surface area contributed by atoms with Crippen molar-refractivity contribution < 1.29 is 28.1 Å². The van der Waals surface area contributed by atoms with Crippen molar-refractivity contribution >= 4 is 20.7 Å². The van der Waals surface area contributed by atoms with Crippen LogP contribution < -0.4 is 10.6 Å². The quantitative estimate of drug-likeness (QED) is 0.141. The van der Waals surface area contributed by atoms with Crippen molar-refractivity contribution in [3.63, 3.8) is 0 Å². The lowest BCUT2D eigenvalue weighted by molar-refractivity contribution is 0.103. The van der Waals surface area contributed by atoms with Crippen molar-refractivity contribution in [2.75, 3.05) is 32.9 Å². The Morgan fingerprint density at radius 3 is 1.70 bits per heavy atom. The maximum absolute atomic E-state index is 12.3. The summed E-state index contributed by atoms with van der Waals surface area (Å²) in [6, 6.07) is 2.31. The molecule has 0 radical (unpaired) electrons. The number of nitrogens with one attached hydrogen (secondary N) is 2. The van der Waals surface area contributed by atoms with Gasteiger partial charge in [0, 0.05) is 25.2 Å². The average molecular weight is 547 g/mol. The standard InChI is InChI=1S/C26H51N4O6P/c1-9-12-22(7)18-33-25(31)28-16-24(17-29-26(32)34-19-23(8)13-10-2)36-37(35-15-11-14-27)30(20(3)4)21(5)6/h20-24H,9-13,15-19H2,1-8H3,(H,28,31)(H,29,32). The van der Waals surface area contributed by atoms with E-state index in [2.05, 4.69) is 35.2 Å². The minimum Gasteiger partial charge on any atom is -0.449 e. The van der Waals surface area contributed by atoms with Gasteiger partial charge in [0.05, 0.1) is 32.3 Å². The fourth-order valence-electron chi connectivity index (χ4n) is 3.65. The van der Waals surface area contributed by atoms with Crippen molar-refractivity contribution in [3.8, 4) is 6.07 Å². The molecular weight excluding hydrogens is 495 g/mol. The summed E-state index contributed by atoms with van der Waals surface area (Å²) in [5.74, 6) is 0.558. The number of ether oxygens (including phenoxy) is 2. The summed E-state index contributed by atoms with van der Waals surface area (Å²) in [6.45, 7) is 17.6. The summed E-state index contributed by atoms with van der Waals surface area (Å²) >= 11 is 0. The van der Waals surface area contributed by atoms with Gasteiger partial charge in [-0.15, -0.1) is 0 Å². The second kappa shape index (κ2) is 21.3. The van der Waals surface area contributed by atoms with E-state index in [0.29, 0.717) is 13.2 Å². The third-order valence-corrected chi connectivity index (χ3v) is 7.59. The molecule has 0 aromatic rings. The van der Waals surface area contributed by atoms with E-state index in [1.807, 2.05) is 41.5 Å². The molecule has 3 unspecified atom stereocenters. The van der Waals surface area contributed by atoms with Crippen molar-refractivity contribution in [3.05, 3.63) is 0 Å². The molecule has 2 amide bonds. The number of nitriles is 1. The van der Waals surface area contributed by atoms with Gasteiger partial charge < -0.3 is 29.2 Å². The highest BCUT2D eigenvalue weighted by Gasteiger charge is 2.30. The van der Waals surface area contributed by atoms with Gasteiger partial charge in [-0.25, -0.2) is 14.3 Å². The van der Waals surface area contributed by atoms with Crippen LogP contribution in [0.1, 0.15) is 87.5 Å². The molecule has 0 aliphatic rings. The molecule has 0 fully saturated rings. The number of rotatable bonds is 20. The van der Waals surface area contributed by atoms with E-state index < -0.39 is 26.8 Å². The Kier molecular flexibility index (Phi) is 20.3. The molecule has 0 aromatic carbocycles. The molecule has 10 nitrogen and oxygen atoms in total. The Morgan fingerprint density at radius 1 is 0.865 bits per heavy atom. The number of carbonyl (C=O) groups is 2. The zero-order valence-electron chi connectivity index (χ0n) is 24.2. The first-order valence-corrected chi connectivity index (χ1v) is 14.7. The predicted molar refractivity (Wildman–Crippen MR) is 147 cm³/mol. The maximum Gasteiger partial charge on any atom is 0.407 e. The van der Waals surface area contributed by atoms with Gasteiger partial charge in [0.15, 0.2) is 0 Å². The fraction of sp³-hybridized carbons (Fsp3) is 0.885. The van der Waals surface area contributed by atoms with E-state index in [-0.39, 0.29) is 50.0 Å². The third kappa shape index (κ3) is 17.5. The highest BCUT2D eigenvalue weighted by molar-refractivity contribution is 7.44. The summed E-state index contributed by atoms with van der Waals surface area (Å²) in [7, 11) is -1.56. The summed E-state index contributed by atoms with van der Waals surface area (Å²) in [6.07, 6.45) is 2.57. The Labute approximate surface area is 226 Å². The van der Waals surface area contributed by atoms with E-state index >= 15 is 0 Å². The van der Waals surface area contributed by atoms with Crippen molar-refractivity contribution in [2.24, 2.45) is 11.8 Å². The lowest BCUT2D eigenvalue weighted by atomic mass is 10.1. The van der Waals surface area contributed by atoms with Crippen molar-refractivity contribution in [1.82, 2.24) is 15.3 Å². The Hall–Kier alpha value is -1.66. The van der Waals surface area contributed by atoms with Gasteiger partial charge in [-0.1, -0.05) is 40.5 Å². The third-order valence-electron chi connectivity index (χ3n) is 5.41. The molecule has 0 rings (SSSR count). The van der Waals surface area contributed by atoms with Crippen LogP contribution >= 0.6 is 8.53 Å². The first-order valence-electron chi connectivity index (χ1n) is 13.6. The highest BCUT2D eigenvalue weighted by atomic mass is 31.2. The van der Waals surface area contributed by atoms with Crippen LogP contribution in [-0.2, 0) is 18.5 Å². The van der Waals surface area contributed by atoms with E-state index in [0.717, 1.165) is 25.7 Å². The number of hydrogen-bond acceptors (Lipinski definition) is 8. The number of carbonyl (C=O) groups excluding carboxylic acids is 2. The molecule has 0 spiro atoms. The van der Waals surface area contributed by atoms with Gasteiger partial charge >= 0.3 is 12.2 Å². The summed E-state index contributed by atoms with van der Waals surface area (Å²) in [4.78, 5) is 24.6. The second-order valence-corrected chi connectivity index (χ2v) is 11.4. The summed E-state index contributed by atoms with van der Waals surface area (Å²) < 4.78 is 25.1. The van der Waals surface area contributed by atoms with Crippen LogP contribution in [0.2, 0.25) is 0 Å². The largest absolute Gasteiger partial charge is 0.449 e. The molecule has 0 saturated heterocycles. The molecule has 0 saturated carbocycles. The average Bonchev–Trinajstić information content (AvgIpc) is 2.82. The van der Waals surface area contributed by atoms with Crippen molar-refractivity contribution in [2.45, 2.75) is 106 Å². The smallest absolute Gasteiger partial charge is 0.407 e. The fourth-order valence-corrected chi connectivity index (χ4v) is 5.36. The molecule has 0 aromatic heterocycles. The van der Waals surface area contributed by atoms with E-state index in [9.17, 15) is 9.59 Å². The van der Waals surface area contributed by atoms with Crippen LogP contribution in [0.15, 0.2) is 0 Å². The van der Waals surface area contributed by atoms with Gasteiger partial charge in [0.1, 0.15) is 6.10 Å². The molecule has 0 heterocycles. The Morgan fingerprint density at radius 2 is 1.32 bits per heavy atom. The number of amides is 2. The molecule has 11 heteroatoms. The molecule has 37 heavy (non-hydrogen) atoms. The summed E-state index contributed by atoms with van der Waals surface area (Å²) in [5, 5.41) is 14.4. The minimum absolute atomic E-state index is 0.109. The molecular formula is C26H51N4O6P. The SMILES string of the molecule is CCCC(C)COC(=O)NCC(CNC(=O)OCC(C)CCC)OP(OCCC#N)N(C(C)C)C(C)C. The highest BCUT2D eigenvalue weighted by Crippen LogP contribution is 2.47. The van der Waals surface area contributed by atoms with E-state index in [4.69, 9.17) is 23.8 Å². The molecule has 0 bridgehead atoms. The number of alkyl carbamates (subject to hydrolysis) is 2. The van der Waals surface area contributed by atoms with Crippen LogP contribution in [0.3, 0.4) is 0 Å². The van der Waals surface area contributed by atoms with Crippen LogP contribution in [0.4, 0.5) is 9.59 Å². The van der Waals surface area contributed by atoms with Crippen LogP contribution in [-0.4, -0.2) is 68.0 Å². The first-order chi connectivity index (χ1) is 17.5. The Balaban J connectivity index is 5.31. The van der Waals surface area contributed by atoms with Crippen LogP contribution in [0.25, 0.3) is 0 Å². The van der Waals surface area contributed by atoms with E-state index in [1.54, 1.807) is 0 Å². The van der Waals surface area contributed by atoms with Gasteiger partial charge in [-0.2, -0.15) is 5.26 Å². The van der Waals surface area contributed by atoms with Gasteiger partial charge in [-0.05, 0) is 52.4 Å². The molecule has 0 aliphatic carbocycles. The molecule has 0 aliphatic heterocycles. The number of hydrogen-bond donors (Lipinski definition) is 2. The zero-order chi connectivity index (χ0) is 28.2. The predicted octanol–water partition coefficient (Wildman–Crippen LogP) is 5.97. The van der Waals surface area contributed by atoms with E-state index in [1.165, 1.54) is 0 Å². The lowest BCUT2D eigenvalue weighted by Gasteiger charge is -2.37.